The summed E-state index contributed by atoms with van der Waals surface area (Å²) >= 11 is 7.34. The molecule has 0 spiro atoms. The van der Waals surface area contributed by atoms with Gasteiger partial charge in [-0.25, -0.2) is 4.98 Å². The van der Waals surface area contributed by atoms with Crippen LogP contribution in [0.25, 0.3) is 0 Å². The molecule has 0 atom stereocenters. The fraction of sp³-hybridized carbons (Fsp3) is 0.471. The molecule has 0 aliphatic carbocycles. The maximum Gasteiger partial charge on any atom is 0.222 e. The average Bonchev–Trinajstić information content (AvgIpc) is 3.06. The first kappa shape index (κ1) is 17.2. The van der Waals surface area contributed by atoms with Gasteiger partial charge in [-0.3, -0.25) is 4.79 Å². The van der Waals surface area contributed by atoms with Gasteiger partial charge in [0.05, 0.1) is 0 Å². The molecule has 128 valence electrons. The molecule has 1 fully saturated rings. The zero-order valence-electron chi connectivity index (χ0n) is 13.7. The van der Waals surface area contributed by atoms with E-state index in [1.165, 1.54) is 11.5 Å². The van der Waals surface area contributed by atoms with Gasteiger partial charge < -0.3 is 9.80 Å². The first-order valence-electron chi connectivity index (χ1n) is 8.25. The third-order valence-electron chi connectivity index (χ3n) is 4.10. The van der Waals surface area contributed by atoms with Crippen molar-refractivity contribution in [3.63, 3.8) is 0 Å². The van der Waals surface area contributed by atoms with Crippen molar-refractivity contribution in [3.05, 3.63) is 40.7 Å². The predicted octanol–water partition coefficient (Wildman–Crippen LogP) is 3.23. The molecule has 0 N–H and O–H groups in total. The highest BCUT2D eigenvalue weighted by Crippen LogP contribution is 2.21. The molecule has 0 unspecified atom stereocenters. The summed E-state index contributed by atoms with van der Waals surface area (Å²) in [5.74, 6) is 1.10. The molecule has 0 bridgehead atoms. The van der Waals surface area contributed by atoms with E-state index in [9.17, 15) is 4.79 Å². The number of nitrogens with zero attached hydrogens (tertiary/aromatic N) is 4. The Hall–Kier alpha value is -1.66. The van der Waals surface area contributed by atoms with E-state index in [0.717, 1.165) is 54.1 Å². The first-order valence-corrected chi connectivity index (χ1v) is 9.40. The molecular weight excluding hydrogens is 344 g/mol. The van der Waals surface area contributed by atoms with E-state index in [4.69, 9.17) is 11.6 Å². The highest BCUT2D eigenvalue weighted by molar-refractivity contribution is 7.09. The van der Waals surface area contributed by atoms with Crippen molar-refractivity contribution in [1.82, 2.24) is 14.3 Å². The molecule has 24 heavy (non-hydrogen) atoms. The summed E-state index contributed by atoms with van der Waals surface area (Å²) in [6, 6.07) is 7.77. The number of benzene rings is 1. The molecular formula is C17H21ClN4OS. The highest BCUT2D eigenvalue weighted by Gasteiger charge is 2.22. The summed E-state index contributed by atoms with van der Waals surface area (Å²) in [5.41, 5.74) is 1.15. The van der Waals surface area contributed by atoms with E-state index in [1.807, 2.05) is 36.1 Å². The third kappa shape index (κ3) is 4.24. The van der Waals surface area contributed by atoms with Crippen molar-refractivity contribution < 1.29 is 4.79 Å². The number of carbonyl (C=O) groups excluding carboxylic acids is 1. The number of hydrogen-bond acceptors (Lipinski definition) is 5. The van der Waals surface area contributed by atoms with E-state index in [1.54, 1.807) is 0 Å². The zero-order chi connectivity index (χ0) is 16.9. The second kappa shape index (κ2) is 7.94. The summed E-state index contributed by atoms with van der Waals surface area (Å²) in [5, 5.41) is 1.68. The van der Waals surface area contributed by atoms with Crippen molar-refractivity contribution in [3.8, 4) is 0 Å². The molecule has 2 heterocycles. The number of piperazine rings is 1. The standard InChI is InChI=1S/C17H21ClN4OS/c1-2-3-16(23)21-8-10-22(11-9-21)17-19-15(20-24-17)12-13-4-6-14(18)7-5-13/h4-7H,2-3,8-12H2,1H3. The smallest absolute Gasteiger partial charge is 0.222 e. The van der Waals surface area contributed by atoms with E-state index in [-0.39, 0.29) is 5.91 Å². The van der Waals surface area contributed by atoms with Crippen LogP contribution < -0.4 is 4.90 Å². The Morgan fingerprint density at radius 3 is 2.58 bits per heavy atom. The fourth-order valence-electron chi connectivity index (χ4n) is 2.75. The van der Waals surface area contributed by atoms with Crippen LogP contribution in [0.3, 0.4) is 0 Å². The maximum absolute atomic E-state index is 11.9. The maximum atomic E-state index is 11.9. The molecule has 1 aromatic carbocycles. The van der Waals surface area contributed by atoms with Gasteiger partial charge in [0.25, 0.3) is 0 Å². The SMILES string of the molecule is CCCC(=O)N1CCN(c2nc(Cc3ccc(Cl)cc3)ns2)CC1. The van der Waals surface area contributed by atoms with Gasteiger partial charge >= 0.3 is 0 Å². The summed E-state index contributed by atoms with van der Waals surface area (Å²) < 4.78 is 4.47. The van der Waals surface area contributed by atoms with Gasteiger partial charge in [-0.05, 0) is 24.1 Å². The van der Waals surface area contributed by atoms with Gasteiger partial charge in [0.1, 0.15) is 5.82 Å². The normalized spacial score (nSPS) is 14.9. The summed E-state index contributed by atoms with van der Waals surface area (Å²) in [4.78, 5) is 20.8. The molecule has 1 saturated heterocycles. The second-order valence-electron chi connectivity index (χ2n) is 5.91. The van der Waals surface area contributed by atoms with Crippen molar-refractivity contribution in [2.75, 3.05) is 31.1 Å². The molecule has 1 amide bonds. The Labute approximate surface area is 151 Å². The first-order chi connectivity index (χ1) is 11.7. The van der Waals surface area contributed by atoms with Crippen LogP contribution in [0.1, 0.15) is 31.2 Å². The molecule has 0 saturated carbocycles. The quantitative estimate of drug-likeness (QED) is 0.817. The van der Waals surface area contributed by atoms with Gasteiger partial charge in [0.2, 0.25) is 11.0 Å². The van der Waals surface area contributed by atoms with Gasteiger partial charge in [-0.15, -0.1) is 0 Å². The number of rotatable bonds is 5. The van der Waals surface area contributed by atoms with Crippen LogP contribution in [0.5, 0.6) is 0 Å². The Kier molecular flexibility index (Phi) is 5.68. The lowest BCUT2D eigenvalue weighted by molar-refractivity contribution is -0.131. The van der Waals surface area contributed by atoms with Crippen LogP contribution in [-0.2, 0) is 11.2 Å². The van der Waals surface area contributed by atoms with Crippen LogP contribution in [-0.4, -0.2) is 46.3 Å². The summed E-state index contributed by atoms with van der Waals surface area (Å²) in [7, 11) is 0. The van der Waals surface area contributed by atoms with Crippen LogP contribution in [0.2, 0.25) is 5.02 Å². The number of hydrogen-bond donors (Lipinski definition) is 0. The number of anilines is 1. The molecule has 1 aliphatic heterocycles. The molecule has 1 aromatic heterocycles. The molecule has 7 heteroatoms. The Morgan fingerprint density at radius 1 is 1.21 bits per heavy atom. The minimum absolute atomic E-state index is 0.262. The third-order valence-corrected chi connectivity index (χ3v) is 5.17. The monoisotopic (exact) mass is 364 g/mol. The lowest BCUT2D eigenvalue weighted by atomic mass is 10.1. The molecule has 3 rings (SSSR count). The zero-order valence-corrected chi connectivity index (χ0v) is 15.3. The van der Waals surface area contributed by atoms with Gasteiger partial charge in [-0.1, -0.05) is 30.7 Å². The lowest BCUT2D eigenvalue weighted by Gasteiger charge is -2.34. The molecule has 0 radical (unpaired) electrons. The number of carbonyl (C=O) groups is 1. The van der Waals surface area contributed by atoms with Crippen molar-refractivity contribution in [2.45, 2.75) is 26.2 Å². The van der Waals surface area contributed by atoms with Gasteiger partial charge in [0.15, 0.2) is 0 Å². The number of halogens is 1. The van der Waals surface area contributed by atoms with E-state index in [0.29, 0.717) is 12.8 Å². The summed E-state index contributed by atoms with van der Waals surface area (Å²) in [6.45, 7) is 5.23. The predicted molar refractivity (Wildman–Crippen MR) is 97.9 cm³/mol. The average molecular weight is 365 g/mol. The fourth-order valence-corrected chi connectivity index (χ4v) is 3.61. The highest BCUT2D eigenvalue weighted by atomic mass is 35.5. The van der Waals surface area contributed by atoms with Crippen molar-refractivity contribution >= 4 is 34.2 Å². The van der Waals surface area contributed by atoms with E-state index in [2.05, 4.69) is 14.3 Å². The topological polar surface area (TPSA) is 49.3 Å². The van der Waals surface area contributed by atoms with E-state index >= 15 is 0 Å². The van der Waals surface area contributed by atoms with Crippen LogP contribution >= 0.6 is 23.1 Å². The van der Waals surface area contributed by atoms with E-state index < -0.39 is 0 Å². The van der Waals surface area contributed by atoms with Gasteiger partial charge in [-0.2, -0.15) is 4.37 Å². The largest absolute Gasteiger partial charge is 0.343 e. The minimum Gasteiger partial charge on any atom is -0.343 e. The van der Waals surface area contributed by atoms with Crippen molar-refractivity contribution in [2.24, 2.45) is 0 Å². The second-order valence-corrected chi connectivity index (χ2v) is 7.08. The Balaban J connectivity index is 1.56. The Bertz CT molecular complexity index is 680. The lowest BCUT2D eigenvalue weighted by Crippen LogP contribution is -2.48. The van der Waals surface area contributed by atoms with Crippen LogP contribution in [0, 0.1) is 0 Å². The van der Waals surface area contributed by atoms with Gasteiger partial charge in [0, 0.05) is 55.6 Å². The Morgan fingerprint density at radius 2 is 1.92 bits per heavy atom. The molecule has 5 nitrogen and oxygen atoms in total. The molecule has 2 aromatic rings. The number of amides is 1. The van der Waals surface area contributed by atoms with Crippen LogP contribution in [0.15, 0.2) is 24.3 Å². The minimum atomic E-state index is 0.262. The summed E-state index contributed by atoms with van der Waals surface area (Å²) in [6.07, 6.45) is 2.26. The van der Waals surface area contributed by atoms with Crippen LogP contribution in [0.4, 0.5) is 5.13 Å². The van der Waals surface area contributed by atoms with Crippen molar-refractivity contribution in [1.29, 1.82) is 0 Å². The number of aromatic nitrogens is 2. The molecule has 1 aliphatic rings.